The zero-order chi connectivity index (χ0) is 15.0. The van der Waals surface area contributed by atoms with Crippen LogP contribution in [0.5, 0.6) is 0 Å². The summed E-state index contributed by atoms with van der Waals surface area (Å²) >= 11 is 0. The Morgan fingerprint density at radius 1 is 1.19 bits per heavy atom. The van der Waals surface area contributed by atoms with Crippen molar-refractivity contribution in [1.29, 1.82) is 0 Å². The summed E-state index contributed by atoms with van der Waals surface area (Å²) < 4.78 is 1.07. The molecule has 0 N–H and O–H groups in total. The standard InChI is InChI=1S/C17H25N2O2/c1-13(2)19(15-7-5-8-16(19)11-10-15)12-14-6-3-4-9-17(14)18(20)21/h3-4,6,9,13,15-16H,5,7-8,10-12H2,1-2H3/q+1. The van der Waals surface area contributed by atoms with Gasteiger partial charge in [-0.1, -0.05) is 12.1 Å². The van der Waals surface area contributed by atoms with E-state index in [9.17, 15) is 10.1 Å². The first-order valence-electron chi connectivity index (χ1n) is 8.15. The lowest BCUT2D eigenvalue weighted by molar-refractivity contribution is -0.996. The maximum Gasteiger partial charge on any atom is 0.278 e. The third-order valence-electron chi connectivity index (χ3n) is 5.86. The van der Waals surface area contributed by atoms with Gasteiger partial charge in [0.1, 0.15) is 6.54 Å². The maximum absolute atomic E-state index is 11.3. The van der Waals surface area contributed by atoms with E-state index in [1.54, 1.807) is 12.1 Å². The fraction of sp³-hybridized carbons (Fsp3) is 0.647. The highest BCUT2D eigenvalue weighted by Crippen LogP contribution is 2.46. The first-order chi connectivity index (χ1) is 10.1. The molecule has 2 atom stereocenters. The van der Waals surface area contributed by atoms with Gasteiger partial charge in [0.25, 0.3) is 5.69 Å². The molecular weight excluding hydrogens is 264 g/mol. The third-order valence-corrected chi connectivity index (χ3v) is 5.86. The number of piperidine rings is 1. The van der Waals surface area contributed by atoms with E-state index in [-0.39, 0.29) is 4.92 Å². The van der Waals surface area contributed by atoms with Gasteiger partial charge in [0.15, 0.2) is 0 Å². The molecule has 2 fully saturated rings. The molecule has 2 saturated heterocycles. The van der Waals surface area contributed by atoms with Crippen LogP contribution in [-0.2, 0) is 6.54 Å². The van der Waals surface area contributed by atoms with Gasteiger partial charge in [-0.2, -0.15) is 0 Å². The van der Waals surface area contributed by atoms with Crippen LogP contribution in [0.4, 0.5) is 5.69 Å². The summed E-state index contributed by atoms with van der Waals surface area (Å²) in [6.07, 6.45) is 6.50. The Morgan fingerprint density at radius 2 is 1.81 bits per heavy atom. The molecule has 0 radical (unpaired) electrons. The lowest BCUT2D eigenvalue weighted by Gasteiger charge is -2.51. The molecule has 0 aliphatic carbocycles. The summed E-state index contributed by atoms with van der Waals surface area (Å²) in [4.78, 5) is 11.1. The number of nitro benzene ring substituents is 1. The Balaban J connectivity index is 2.00. The van der Waals surface area contributed by atoms with Crippen LogP contribution in [0.25, 0.3) is 0 Å². The molecule has 4 nitrogen and oxygen atoms in total. The van der Waals surface area contributed by atoms with Crippen molar-refractivity contribution in [2.24, 2.45) is 0 Å². The highest BCUT2D eigenvalue weighted by molar-refractivity contribution is 5.39. The molecule has 114 valence electrons. The molecule has 1 aromatic rings. The van der Waals surface area contributed by atoms with Crippen LogP contribution < -0.4 is 0 Å². The molecule has 1 aromatic carbocycles. The molecule has 2 bridgehead atoms. The van der Waals surface area contributed by atoms with E-state index in [0.717, 1.165) is 16.6 Å². The van der Waals surface area contributed by atoms with Crippen molar-refractivity contribution in [2.75, 3.05) is 0 Å². The highest BCUT2D eigenvalue weighted by atomic mass is 16.6. The number of nitro groups is 1. The molecule has 2 unspecified atom stereocenters. The number of hydrogen-bond donors (Lipinski definition) is 0. The third kappa shape index (κ3) is 2.26. The zero-order valence-electron chi connectivity index (χ0n) is 13.0. The molecule has 2 aliphatic heterocycles. The number of fused-ring (bicyclic) bond motifs is 2. The molecule has 2 aliphatic rings. The Labute approximate surface area is 126 Å². The summed E-state index contributed by atoms with van der Waals surface area (Å²) in [7, 11) is 0. The minimum atomic E-state index is -0.224. The number of benzene rings is 1. The van der Waals surface area contributed by atoms with Crippen molar-refractivity contribution in [3.63, 3.8) is 0 Å². The van der Waals surface area contributed by atoms with Crippen molar-refractivity contribution in [3.05, 3.63) is 39.9 Å². The molecule has 3 rings (SSSR count). The van der Waals surface area contributed by atoms with Crippen molar-refractivity contribution in [1.82, 2.24) is 0 Å². The smallest absolute Gasteiger partial charge is 0.278 e. The summed E-state index contributed by atoms with van der Waals surface area (Å²) in [6, 6.07) is 9.23. The minimum absolute atomic E-state index is 0.224. The van der Waals surface area contributed by atoms with Gasteiger partial charge in [-0.15, -0.1) is 0 Å². The Hall–Kier alpha value is -1.42. The van der Waals surface area contributed by atoms with Crippen LogP contribution in [0.2, 0.25) is 0 Å². The van der Waals surface area contributed by atoms with Crippen molar-refractivity contribution < 1.29 is 9.41 Å². The average Bonchev–Trinajstić information content (AvgIpc) is 2.64. The van der Waals surface area contributed by atoms with Gasteiger partial charge in [-0.25, -0.2) is 0 Å². The first-order valence-corrected chi connectivity index (χ1v) is 8.15. The SMILES string of the molecule is CC(C)[N+]1(Cc2ccccc2[N+](=O)[O-])C2CCCC1CC2. The molecule has 0 amide bonds. The summed E-state index contributed by atoms with van der Waals surface area (Å²) in [6.45, 7) is 5.42. The van der Waals surface area contributed by atoms with E-state index in [0.29, 0.717) is 23.8 Å². The van der Waals surface area contributed by atoms with Gasteiger partial charge in [0.05, 0.1) is 28.6 Å². The molecule has 0 spiro atoms. The van der Waals surface area contributed by atoms with E-state index >= 15 is 0 Å². The van der Waals surface area contributed by atoms with Crippen LogP contribution in [0.15, 0.2) is 24.3 Å². The molecule has 2 heterocycles. The van der Waals surface area contributed by atoms with E-state index in [2.05, 4.69) is 13.8 Å². The zero-order valence-corrected chi connectivity index (χ0v) is 13.0. The second-order valence-corrected chi connectivity index (χ2v) is 6.95. The summed E-state index contributed by atoms with van der Waals surface area (Å²) in [5.74, 6) is 0. The van der Waals surface area contributed by atoms with Crippen LogP contribution >= 0.6 is 0 Å². The molecule has 4 heteroatoms. The molecular formula is C17H25N2O2+. The monoisotopic (exact) mass is 289 g/mol. The first kappa shape index (κ1) is 14.5. The van der Waals surface area contributed by atoms with E-state index in [4.69, 9.17) is 0 Å². The topological polar surface area (TPSA) is 43.1 Å². The Bertz CT molecular complexity index is 525. The van der Waals surface area contributed by atoms with Crippen LogP contribution in [0.1, 0.15) is 51.5 Å². The Kier molecular flexibility index (Phi) is 3.74. The predicted molar refractivity (Wildman–Crippen MR) is 82.9 cm³/mol. The fourth-order valence-electron chi connectivity index (χ4n) is 4.92. The minimum Gasteiger partial charge on any atom is -0.313 e. The lowest BCUT2D eigenvalue weighted by Crippen LogP contribution is -2.61. The number of quaternary nitrogens is 1. The van der Waals surface area contributed by atoms with E-state index in [1.165, 1.54) is 32.1 Å². The number of rotatable bonds is 4. The second-order valence-electron chi connectivity index (χ2n) is 6.95. The van der Waals surface area contributed by atoms with Gasteiger partial charge in [0, 0.05) is 18.9 Å². The van der Waals surface area contributed by atoms with Crippen LogP contribution in [-0.4, -0.2) is 27.5 Å². The Morgan fingerprint density at radius 3 is 2.38 bits per heavy atom. The predicted octanol–water partition coefficient (Wildman–Crippen LogP) is 4.03. The van der Waals surface area contributed by atoms with E-state index in [1.807, 2.05) is 12.1 Å². The summed E-state index contributed by atoms with van der Waals surface area (Å²) in [5.41, 5.74) is 1.20. The van der Waals surface area contributed by atoms with Crippen LogP contribution in [0, 0.1) is 10.1 Å². The van der Waals surface area contributed by atoms with E-state index < -0.39 is 0 Å². The van der Waals surface area contributed by atoms with Crippen LogP contribution in [0.3, 0.4) is 0 Å². The van der Waals surface area contributed by atoms with Gasteiger partial charge in [0.2, 0.25) is 0 Å². The van der Waals surface area contributed by atoms with Crippen molar-refractivity contribution in [2.45, 2.75) is 70.6 Å². The quantitative estimate of drug-likeness (QED) is 0.477. The highest BCUT2D eigenvalue weighted by Gasteiger charge is 2.53. The van der Waals surface area contributed by atoms with Gasteiger partial charge in [-0.05, 0) is 39.2 Å². The normalized spacial score (nSPS) is 31.6. The largest absolute Gasteiger partial charge is 0.313 e. The number of nitrogens with zero attached hydrogens (tertiary/aromatic N) is 2. The van der Waals surface area contributed by atoms with Gasteiger partial charge >= 0.3 is 0 Å². The average molecular weight is 289 g/mol. The number of hydrogen-bond acceptors (Lipinski definition) is 2. The maximum atomic E-state index is 11.3. The van der Waals surface area contributed by atoms with Gasteiger partial charge < -0.3 is 4.48 Å². The summed E-state index contributed by atoms with van der Waals surface area (Å²) in [5, 5.41) is 11.3. The molecule has 0 saturated carbocycles. The van der Waals surface area contributed by atoms with Crippen molar-refractivity contribution in [3.8, 4) is 0 Å². The van der Waals surface area contributed by atoms with Gasteiger partial charge in [-0.3, -0.25) is 10.1 Å². The number of para-hydroxylation sites is 1. The second kappa shape index (κ2) is 5.41. The molecule has 21 heavy (non-hydrogen) atoms. The molecule has 0 aromatic heterocycles. The van der Waals surface area contributed by atoms with Crippen molar-refractivity contribution >= 4 is 5.69 Å². The fourth-order valence-corrected chi connectivity index (χ4v) is 4.92. The lowest BCUT2D eigenvalue weighted by atomic mass is 9.94.